The molecule has 8 aliphatic rings. The number of methoxy groups -OCH3 is 1. The van der Waals surface area contributed by atoms with E-state index in [1.54, 1.807) is 13.0 Å². The lowest BCUT2D eigenvalue weighted by Crippen LogP contribution is -2.65. The van der Waals surface area contributed by atoms with Crippen molar-refractivity contribution in [1.29, 1.82) is 0 Å². The zero-order valence-electron chi connectivity index (χ0n) is 34.8. The minimum Gasteiger partial charge on any atom is -0.458 e. The first-order chi connectivity index (χ1) is 29.0. The normalized spacial score (nSPS) is 53.6. The van der Waals surface area contributed by atoms with Gasteiger partial charge >= 0.3 is 5.97 Å². The second-order valence-electron chi connectivity index (χ2n) is 19.1. The highest BCUT2D eigenvalue weighted by molar-refractivity contribution is 5.85. The molecule has 0 radical (unpaired) electrons. The van der Waals surface area contributed by atoms with Crippen LogP contribution in [-0.2, 0) is 47.5 Å². The first-order valence-electron chi connectivity index (χ1n) is 21.9. The molecule has 0 aromatic rings. The Morgan fingerprint density at radius 1 is 0.770 bits per heavy atom. The number of fused-ring (bicyclic) bond motifs is 5. The van der Waals surface area contributed by atoms with E-state index in [4.69, 9.17) is 37.9 Å². The third-order valence-corrected chi connectivity index (χ3v) is 16.3. The van der Waals surface area contributed by atoms with Crippen molar-refractivity contribution in [3.63, 3.8) is 0 Å². The maximum atomic E-state index is 13.3. The maximum absolute atomic E-state index is 13.3. The number of hydrogen-bond acceptors (Lipinski definition) is 19. The molecular formula is C42H64O19. The number of carbonyl (C=O) groups is 2. The summed E-state index contributed by atoms with van der Waals surface area (Å²) in [5.41, 5.74) is -1.07. The van der Waals surface area contributed by atoms with Gasteiger partial charge in [0.05, 0.1) is 31.0 Å². The topological polar surface area (TPSA) is 290 Å². The highest BCUT2D eigenvalue weighted by Crippen LogP contribution is 2.69. The molecule has 61 heavy (non-hydrogen) atoms. The Morgan fingerprint density at radius 3 is 2.13 bits per heavy atom. The standard InChI is InChI=1S/C42H64O19/c1-18-35(61-38-33(51)31(49)29(47)26(60-38)16-56-37-32(50)30(48)28(46)25(14-43)59-37)36(54-3)34(52)39(57-18)58-21-6-10-41(17-44)20(13-21)4-5-24-23(41)7-9-40(2)22(8-11-42(24,40)53)19-12-27(45)55-15-19/h12,17-18,20-26,28-39,43,46-53H,4-11,13-16H2,1-3H3/t18-,20+,21-,22+,23-,24+,25+,26+,28+,29+,30-,31-,32+,33+,34-,35-,36-,37+,38-,39-,40+,41+,42-/m0/s1. The van der Waals surface area contributed by atoms with Gasteiger partial charge in [-0.15, -0.1) is 0 Å². The van der Waals surface area contributed by atoms with Gasteiger partial charge < -0.3 is 88.6 Å². The van der Waals surface area contributed by atoms with E-state index in [0.717, 1.165) is 44.0 Å². The summed E-state index contributed by atoms with van der Waals surface area (Å²) in [6.07, 6.45) is -13.2. The number of aldehydes is 1. The maximum Gasteiger partial charge on any atom is 0.331 e. The monoisotopic (exact) mass is 872 g/mol. The molecule has 8 rings (SSSR count). The first-order valence-corrected chi connectivity index (χ1v) is 21.9. The van der Waals surface area contributed by atoms with E-state index < -0.39 is 122 Å². The largest absolute Gasteiger partial charge is 0.458 e. The predicted molar refractivity (Wildman–Crippen MR) is 203 cm³/mol. The van der Waals surface area contributed by atoms with E-state index >= 15 is 0 Å². The summed E-state index contributed by atoms with van der Waals surface area (Å²) in [6, 6.07) is 0. The van der Waals surface area contributed by atoms with Gasteiger partial charge in [-0.1, -0.05) is 6.92 Å². The van der Waals surface area contributed by atoms with Crippen molar-refractivity contribution in [2.45, 2.75) is 175 Å². The lowest BCUT2D eigenvalue weighted by Gasteiger charge is -2.63. The highest BCUT2D eigenvalue weighted by Gasteiger charge is 2.69. The summed E-state index contributed by atoms with van der Waals surface area (Å²) < 4.78 is 46.4. The fraction of sp³-hybridized carbons (Fsp3) is 0.905. The summed E-state index contributed by atoms with van der Waals surface area (Å²) >= 11 is 0. The van der Waals surface area contributed by atoms with E-state index in [-0.39, 0.29) is 42.4 Å². The van der Waals surface area contributed by atoms with Crippen LogP contribution < -0.4 is 0 Å². The molecule has 0 unspecified atom stereocenters. The average Bonchev–Trinajstić information content (AvgIpc) is 3.80. The van der Waals surface area contributed by atoms with Crippen LogP contribution in [0.25, 0.3) is 0 Å². The Hall–Kier alpha value is -1.76. The second-order valence-corrected chi connectivity index (χ2v) is 19.1. The summed E-state index contributed by atoms with van der Waals surface area (Å²) in [5.74, 6) is -0.343. The van der Waals surface area contributed by atoms with Crippen LogP contribution in [0.15, 0.2) is 11.6 Å². The van der Waals surface area contributed by atoms with Gasteiger partial charge in [-0.3, -0.25) is 0 Å². The number of aliphatic hydroxyl groups is 9. The molecular weight excluding hydrogens is 808 g/mol. The fourth-order valence-electron chi connectivity index (χ4n) is 12.9. The lowest BCUT2D eigenvalue weighted by atomic mass is 9.43. The number of ether oxygens (including phenoxy) is 8. The van der Waals surface area contributed by atoms with Crippen molar-refractivity contribution >= 4 is 12.3 Å². The molecule has 0 aromatic carbocycles. The van der Waals surface area contributed by atoms with Crippen LogP contribution in [-0.4, -0.2) is 189 Å². The smallest absolute Gasteiger partial charge is 0.331 e. The minimum absolute atomic E-state index is 0.000150. The van der Waals surface area contributed by atoms with Gasteiger partial charge in [-0.25, -0.2) is 4.79 Å². The predicted octanol–water partition coefficient (Wildman–Crippen LogP) is -2.06. The Kier molecular flexibility index (Phi) is 13.2. The van der Waals surface area contributed by atoms with E-state index in [2.05, 4.69) is 6.92 Å². The Morgan fingerprint density at radius 2 is 1.46 bits per heavy atom. The van der Waals surface area contributed by atoms with Crippen LogP contribution in [0.1, 0.15) is 71.6 Å². The third kappa shape index (κ3) is 7.64. The molecule has 4 heterocycles. The summed E-state index contributed by atoms with van der Waals surface area (Å²) in [5, 5.41) is 96.6. The number of aliphatic hydroxyl groups excluding tert-OH is 8. The molecule has 4 saturated carbocycles. The van der Waals surface area contributed by atoms with Gasteiger partial charge in [0.1, 0.15) is 80.0 Å². The zero-order chi connectivity index (χ0) is 43.8. The van der Waals surface area contributed by atoms with Crippen LogP contribution in [0.5, 0.6) is 0 Å². The van der Waals surface area contributed by atoms with Gasteiger partial charge in [0.2, 0.25) is 0 Å². The quantitative estimate of drug-likeness (QED) is 0.0613. The number of esters is 1. The highest BCUT2D eigenvalue weighted by atomic mass is 16.8. The van der Waals surface area contributed by atoms with Crippen molar-refractivity contribution in [2.24, 2.45) is 34.5 Å². The minimum atomic E-state index is -1.79. The Balaban J connectivity index is 0.887. The molecule has 3 saturated heterocycles. The van der Waals surface area contributed by atoms with Crippen molar-refractivity contribution in [3.05, 3.63) is 11.6 Å². The van der Waals surface area contributed by atoms with Gasteiger partial charge in [0.25, 0.3) is 0 Å². The van der Waals surface area contributed by atoms with Crippen molar-refractivity contribution in [3.8, 4) is 0 Å². The fourth-order valence-corrected chi connectivity index (χ4v) is 12.9. The van der Waals surface area contributed by atoms with Crippen LogP contribution in [0.2, 0.25) is 0 Å². The lowest BCUT2D eigenvalue weighted by molar-refractivity contribution is -0.367. The molecule has 23 atom stereocenters. The molecule has 0 bridgehead atoms. The molecule has 19 heteroatoms. The zero-order valence-corrected chi connectivity index (χ0v) is 34.8. The van der Waals surface area contributed by atoms with E-state index in [9.17, 15) is 55.5 Å². The SMILES string of the molecule is CO[C@H]1[C@H](O)[C@H](O[C@H]2CC[C@@]3(C=O)[C@H](CC[C@@H]4[C@@H]3CC[C@]3(C)[C@@H](C5=CC(=O)OC5)CC[C@]43O)C2)O[C@@H](C)[C@@H]1O[C@@H]1O[C@H](CO[C@@H]2O[C@H](CO)[C@@H](O)[C@H](O)[C@H]2O)[C@@H](O)[C@H](O)[C@H]1O. The Bertz CT molecular complexity index is 1620. The molecule has 0 amide bonds. The van der Waals surface area contributed by atoms with E-state index in [1.807, 2.05) is 0 Å². The van der Waals surface area contributed by atoms with Gasteiger partial charge in [-0.05, 0) is 94.0 Å². The molecule has 0 spiro atoms. The number of cyclic esters (lactones) is 1. The van der Waals surface area contributed by atoms with Crippen LogP contribution >= 0.6 is 0 Å². The average molecular weight is 873 g/mol. The molecule has 346 valence electrons. The molecule has 4 aliphatic carbocycles. The van der Waals surface area contributed by atoms with Crippen molar-refractivity contribution in [2.75, 3.05) is 26.9 Å². The molecule has 0 aromatic heterocycles. The van der Waals surface area contributed by atoms with Gasteiger partial charge in [0.15, 0.2) is 18.9 Å². The van der Waals surface area contributed by atoms with Crippen LogP contribution in [0.4, 0.5) is 0 Å². The first kappa shape index (κ1) is 45.8. The van der Waals surface area contributed by atoms with E-state index in [0.29, 0.717) is 25.7 Å². The summed E-state index contributed by atoms with van der Waals surface area (Å²) in [7, 11) is 1.36. The number of hydrogen-bond donors (Lipinski definition) is 9. The molecule has 19 nitrogen and oxygen atoms in total. The number of rotatable bonds is 11. The summed E-state index contributed by atoms with van der Waals surface area (Å²) in [4.78, 5) is 25.3. The van der Waals surface area contributed by atoms with Crippen LogP contribution in [0.3, 0.4) is 0 Å². The van der Waals surface area contributed by atoms with Gasteiger partial charge in [-0.2, -0.15) is 0 Å². The second kappa shape index (κ2) is 17.6. The molecule has 7 fully saturated rings. The van der Waals surface area contributed by atoms with E-state index in [1.165, 1.54) is 7.11 Å². The summed E-state index contributed by atoms with van der Waals surface area (Å²) in [6.45, 7) is 2.83. The molecule has 9 N–H and O–H groups in total. The Labute approximate surface area is 353 Å². The van der Waals surface area contributed by atoms with Crippen molar-refractivity contribution in [1.82, 2.24) is 0 Å². The van der Waals surface area contributed by atoms with Crippen LogP contribution in [0, 0.1) is 34.5 Å². The number of carbonyl (C=O) groups excluding carboxylic acids is 2. The third-order valence-electron chi connectivity index (χ3n) is 16.3. The van der Waals surface area contributed by atoms with Crippen molar-refractivity contribution < 1.29 is 93.4 Å². The molecule has 4 aliphatic heterocycles. The van der Waals surface area contributed by atoms with Gasteiger partial charge in [0, 0.05) is 24.0 Å².